The predicted molar refractivity (Wildman–Crippen MR) is 64.8 cm³/mol. The van der Waals surface area contributed by atoms with Crippen molar-refractivity contribution in [2.45, 2.75) is 25.6 Å². The minimum atomic E-state index is -0.992. The Bertz CT molecular complexity index is 380. The van der Waals surface area contributed by atoms with Gasteiger partial charge in [0.1, 0.15) is 0 Å². The molecule has 0 aromatic heterocycles. The highest BCUT2D eigenvalue weighted by molar-refractivity contribution is 8.22. The molecule has 0 aromatic rings. The summed E-state index contributed by atoms with van der Waals surface area (Å²) >= 11 is 3.03. The molecule has 1 N–H and O–H groups in total. The first-order valence-electron chi connectivity index (χ1n) is 5.21. The summed E-state index contributed by atoms with van der Waals surface area (Å²) in [4.78, 5) is 24.3. The Morgan fingerprint density at radius 2 is 2.25 bits per heavy atom. The number of fused-ring (bicyclic) bond motifs is 1. The second kappa shape index (κ2) is 4.33. The highest BCUT2D eigenvalue weighted by Gasteiger charge is 2.55. The first kappa shape index (κ1) is 11.9. The molecule has 0 spiro atoms. The summed E-state index contributed by atoms with van der Waals surface area (Å²) in [6.45, 7) is 3.94. The molecule has 2 aliphatic heterocycles. The summed E-state index contributed by atoms with van der Waals surface area (Å²) < 4.78 is 0.782. The molecule has 0 aromatic carbocycles. The number of aliphatic carboxylic acids is 1. The molecule has 1 fully saturated rings. The van der Waals surface area contributed by atoms with Crippen LogP contribution in [0, 0.1) is 5.92 Å². The van der Waals surface area contributed by atoms with E-state index in [1.54, 1.807) is 0 Å². The van der Waals surface area contributed by atoms with Crippen LogP contribution in [0.1, 0.15) is 20.3 Å². The van der Waals surface area contributed by atoms with Gasteiger partial charge in [0.05, 0.1) is 15.5 Å². The number of carbonyl (C=O) groups excluding carboxylic acids is 1. The van der Waals surface area contributed by atoms with E-state index in [0.717, 1.165) is 16.4 Å². The number of amides is 1. The number of hydrogen-bond acceptors (Lipinski definition) is 4. The van der Waals surface area contributed by atoms with Crippen molar-refractivity contribution in [3.63, 3.8) is 0 Å². The molecule has 2 atom stereocenters. The van der Waals surface area contributed by atoms with Crippen molar-refractivity contribution in [2.24, 2.45) is 5.92 Å². The van der Waals surface area contributed by atoms with E-state index in [-0.39, 0.29) is 22.9 Å². The maximum absolute atomic E-state index is 11.7. The van der Waals surface area contributed by atoms with Crippen LogP contribution in [-0.2, 0) is 9.59 Å². The molecule has 2 aliphatic rings. The lowest BCUT2D eigenvalue weighted by Crippen LogP contribution is -2.56. The number of carbonyl (C=O) groups is 2. The highest BCUT2D eigenvalue weighted by atomic mass is 32.2. The molecule has 0 bridgehead atoms. The van der Waals surface area contributed by atoms with Crippen molar-refractivity contribution in [1.29, 1.82) is 0 Å². The highest BCUT2D eigenvalue weighted by Crippen LogP contribution is 2.53. The summed E-state index contributed by atoms with van der Waals surface area (Å²) in [7, 11) is 0. The van der Waals surface area contributed by atoms with E-state index in [9.17, 15) is 9.59 Å². The predicted octanol–water partition coefficient (Wildman–Crippen LogP) is 1.93. The minimum Gasteiger partial charge on any atom is -0.477 e. The molecule has 16 heavy (non-hydrogen) atoms. The lowest BCUT2D eigenvalue weighted by molar-refractivity contribution is -0.151. The number of carboxylic acids is 1. The van der Waals surface area contributed by atoms with Gasteiger partial charge in [0.15, 0.2) is 5.70 Å². The van der Waals surface area contributed by atoms with Gasteiger partial charge in [-0.25, -0.2) is 4.79 Å². The van der Waals surface area contributed by atoms with Crippen molar-refractivity contribution < 1.29 is 14.7 Å². The van der Waals surface area contributed by atoms with Crippen LogP contribution in [0.3, 0.4) is 0 Å². The summed E-state index contributed by atoms with van der Waals surface area (Å²) in [6, 6.07) is 0. The Kier molecular flexibility index (Phi) is 3.21. The molecule has 1 saturated heterocycles. The van der Waals surface area contributed by atoms with Crippen LogP contribution in [0.4, 0.5) is 0 Å². The molecule has 2 rings (SSSR count). The second-order valence-corrected chi connectivity index (χ2v) is 6.27. The van der Waals surface area contributed by atoms with Crippen LogP contribution in [0.5, 0.6) is 0 Å². The number of thioether (sulfide) groups is 2. The number of nitrogens with zero attached hydrogens (tertiary/aromatic N) is 1. The summed E-state index contributed by atoms with van der Waals surface area (Å²) in [5.41, 5.74) is 0.191. The van der Waals surface area contributed by atoms with Crippen LogP contribution in [0.25, 0.3) is 0 Å². The van der Waals surface area contributed by atoms with Gasteiger partial charge < -0.3 is 5.11 Å². The first-order chi connectivity index (χ1) is 7.61. The van der Waals surface area contributed by atoms with E-state index in [2.05, 4.69) is 0 Å². The third-order valence-corrected chi connectivity index (χ3v) is 5.31. The van der Waals surface area contributed by atoms with Crippen LogP contribution in [0.15, 0.2) is 9.93 Å². The van der Waals surface area contributed by atoms with Gasteiger partial charge in [0.2, 0.25) is 5.91 Å². The Balaban J connectivity index is 2.26. The largest absolute Gasteiger partial charge is 0.477 e. The molecule has 4 nitrogen and oxygen atoms in total. The van der Waals surface area contributed by atoms with Gasteiger partial charge >= 0.3 is 5.97 Å². The fourth-order valence-corrected chi connectivity index (χ4v) is 4.77. The molecule has 2 unspecified atom stereocenters. The van der Waals surface area contributed by atoms with Crippen LogP contribution in [0.2, 0.25) is 0 Å². The summed E-state index contributed by atoms with van der Waals surface area (Å²) in [6.07, 6.45) is 0.782. The lowest BCUT2D eigenvalue weighted by Gasteiger charge is -2.41. The zero-order valence-corrected chi connectivity index (χ0v) is 10.7. The molecule has 0 saturated carbocycles. The molecule has 88 valence electrons. The van der Waals surface area contributed by atoms with E-state index in [4.69, 9.17) is 5.11 Å². The summed E-state index contributed by atoms with van der Waals surface area (Å²) in [5, 5.41) is 9.16. The van der Waals surface area contributed by atoms with E-state index in [1.807, 2.05) is 13.8 Å². The van der Waals surface area contributed by atoms with Gasteiger partial charge in [0, 0.05) is 0 Å². The van der Waals surface area contributed by atoms with Crippen molar-refractivity contribution in [1.82, 2.24) is 4.90 Å². The van der Waals surface area contributed by atoms with Crippen molar-refractivity contribution in [3.8, 4) is 0 Å². The molecular weight excluding hydrogens is 246 g/mol. The average molecular weight is 259 g/mol. The van der Waals surface area contributed by atoms with E-state index in [0.29, 0.717) is 0 Å². The quantitative estimate of drug-likeness (QED) is 0.782. The summed E-state index contributed by atoms with van der Waals surface area (Å²) in [5.74, 6) is -0.211. The van der Waals surface area contributed by atoms with Gasteiger partial charge in [-0.05, 0) is 12.2 Å². The van der Waals surface area contributed by atoms with Crippen molar-refractivity contribution in [2.75, 3.05) is 5.75 Å². The van der Waals surface area contributed by atoms with Crippen LogP contribution >= 0.6 is 23.5 Å². The van der Waals surface area contributed by atoms with Crippen LogP contribution < -0.4 is 0 Å². The number of carboxylic acid groups (broad SMARTS) is 1. The zero-order valence-electron chi connectivity index (χ0n) is 9.10. The number of rotatable bonds is 4. The molecule has 2 heterocycles. The van der Waals surface area contributed by atoms with Gasteiger partial charge in [-0.3, -0.25) is 9.69 Å². The van der Waals surface area contributed by atoms with E-state index >= 15 is 0 Å². The van der Waals surface area contributed by atoms with Gasteiger partial charge in [-0.2, -0.15) is 0 Å². The molecule has 6 heteroatoms. The Hall–Kier alpha value is -0.620. The van der Waals surface area contributed by atoms with Gasteiger partial charge in [0.25, 0.3) is 0 Å². The fourth-order valence-electron chi connectivity index (χ4n) is 1.96. The Labute approximate surface area is 102 Å². The number of β-lactam (4-membered cyclic amide) rings is 1. The van der Waals surface area contributed by atoms with Gasteiger partial charge in [-0.15, -0.1) is 11.8 Å². The SMILES string of the molecule is CCSC1=C(C(=O)O)N2C(=O)C(CC)C2S1. The molecule has 1 amide bonds. The van der Waals surface area contributed by atoms with Crippen LogP contribution in [-0.4, -0.2) is 33.0 Å². The zero-order chi connectivity index (χ0) is 11.9. The lowest BCUT2D eigenvalue weighted by atomic mass is 9.95. The molecule has 0 aliphatic carbocycles. The molecule has 0 radical (unpaired) electrons. The minimum absolute atomic E-state index is 0.00527. The Morgan fingerprint density at radius 3 is 2.75 bits per heavy atom. The maximum atomic E-state index is 11.7. The Morgan fingerprint density at radius 1 is 1.56 bits per heavy atom. The smallest absolute Gasteiger partial charge is 0.354 e. The third kappa shape index (κ3) is 1.55. The standard InChI is InChI=1S/C10H13NO3S2/c1-3-5-7(12)11-6(9(13)14)10(15-4-2)16-8(5)11/h5,8H,3-4H2,1-2H3,(H,13,14). The number of hydrogen-bond donors (Lipinski definition) is 1. The molecular formula is C10H13NO3S2. The van der Waals surface area contributed by atoms with Crippen molar-refractivity contribution in [3.05, 3.63) is 9.93 Å². The normalized spacial score (nSPS) is 28.1. The fraction of sp³-hybridized carbons (Fsp3) is 0.600. The van der Waals surface area contributed by atoms with Crippen molar-refractivity contribution >= 4 is 35.4 Å². The van der Waals surface area contributed by atoms with Gasteiger partial charge in [-0.1, -0.05) is 25.6 Å². The van der Waals surface area contributed by atoms with E-state index in [1.165, 1.54) is 28.4 Å². The second-order valence-electron chi connectivity index (χ2n) is 3.61. The monoisotopic (exact) mass is 259 g/mol. The topological polar surface area (TPSA) is 57.6 Å². The van der Waals surface area contributed by atoms with E-state index < -0.39 is 5.97 Å². The third-order valence-electron chi connectivity index (χ3n) is 2.73. The maximum Gasteiger partial charge on any atom is 0.354 e. The average Bonchev–Trinajstić information content (AvgIpc) is 2.55. The first-order valence-corrected chi connectivity index (χ1v) is 7.08.